The van der Waals surface area contributed by atoms with Gasteiger partial charge in [-0.2, -0.15) is 0 Å². The Kier molecular flexibility index (Phi) is 5.21. The summed E-state index contributed by atoms with van der Waals surface area (Å²) in [6.45, 7) is 2.11. The summed E-state index contributed by atoms with van der Waals surface area (Å²) < 4.78 is 0. The van der Waals surface area contributed by atoms with E-state index in [1.54, 1.807) is 6.20 Å². The monoisotopic (exact) mass is 386 g/mol. The zero-order valence-corrected chi connectivity index (χ0v) is 17.2. The van der Waals surface area contributed by atoms with Crippen molar-refractivity contribution in [3.63, 3.8) is 0 Å². The molecule has 148 valence electrons. The summed E-state index contributed by atoms with van der Waals surface area (Å²) in [6, 6.07) is 18.5. The number of hydrogen-bond donors (Lipinski definition) is 0. The molecule has 0 bridgehead atoms. The summed E-state index contributed by atoms with van der Waals surface area (Å²) in [7, 11) is 6.12. The zero-order chi connectivity index (χ0) is 20.4. The molecule has 0 fully saturated rings. The van der Waals surface area contributed by atoms with Crippen LogP contribution in [-0.2, 0) is 6.54 Å². The molecule has 5 heteroatoms. The van der Waals surface area contributed by atoms with Crippen LogP contribution in [-0.4, -0.2) is 50.0 Å². The number of likely N-dealkylation sites (N-methyl/N-ethyl adjacent to an activating group) is 1. The predicted molar refractivity (Wildman–Crippen MR) is 118 cm³/mol. The third-order valence-electron chi connectivity index (χ3n) is 5.46. The van der Waals surface area contributed by atoms with Crippen LogP contribution in [0.15, 0.2) is 67.0 Å². The Morgan fingerprint density at radius 1 is 0.966 bits per heavy atom. The number of anilines is 2. The van der Waals surface area contributed by atoms with E-state index in [1.807, 2.05) is 43.4 Å². The van der Waals surface area contributed by atoms with E-state index in [0.29, 0.717) is 18.7 Å². The van der Waals surface area contributed by atoms with Crippen LogP contribution in [0.3, 0.4) is 0 Å². The lowest BCUT2D eigenvalue weighted by molar-refractivity contribution is 0.0751. The lowest BCUT2D eigenvalue weighted by atomic mass is 10.0. The molecule has 29 heavy (non-hydrogen) atoms. The van der Waals surface area contributed by atoms with Gasteiger partial charge in [0.2, 0.25) is 0 Å². The lowest BCUT2D eigenvalue weighted by Gasteiger charge is -2.21. The van der Waals surface area contributed by atoms with Crippen molar-refractivity contribution in [1.82, 2.24) is 9.88 Å². The molecule has 1 aromatic heterocycles. The Hall–Kier alpha value is -3.34. The van der Waals surface area contributed by atoms with E-state index in [0.717, 1.165) is 23.4 Å². The molecule has 3 aromatic rings. The van der Waals surface area contributed by atoms with E-state index in [1.165, 1.54) is 11.3 Å². The normalized spacial score (nSPS) is 13.6. The first-order chi connectivity index (χ1) is 14.0. The first-order valence-corrected chi connectivity index (χ1v) is 9.84. The van der Waals surface area contributed by atoms with Crippen molar-refractivity contribution in [2.24, 2.45) is 0 Å². The molecule has 0 N–H and O–H groups in total. The van der Waals surface area contributed by atoms with Crippen molar-refractivity contribution in [2.45, 2.75) is 6.54 Å². The van der Waals surface area contributed by atoms with Gasteiger partial charge < -0.3 is 14.7 Å². The molecule has 1 aliphatic rings. The van der Waals surface area contributed by atoms with Crippen molar-refractivity contribution in [2.75, 3.05) is 44.0 Å². The minimum Gasteiger partial charge on any atom is -0.378 e. The number of para-hydroxylation sites is 1. The molecule has 1 amide bonds. The van der Waals surface area contributed by atoms with Crippen molar-refractivity contribution in [3.8, 4) is 11.1 Å². The van der Waals surface area contributed by atoms with Crippen LogP contribution in [0.4, 0.5) is 11.4 Å². The molecule has 2 aromatic carbocycles. The van der Waals surface area contributed by atoms with Gasteiger partial charge in [0.05, 0.1) is 5.56 Å². The summed E-state index contributed by atoms with van der Waals surface area (Å²) in [5, 5.41) is 0. The number of carbonyl (C=O) groups excluding carboxylic acids is 1. The van der Waals surface area contributed by atoms with Gasteiger partial charge in [-0.15, -0.1) is 0 Å². The third-order valence-corrected chi connectivity index (χ3v) is 5.46. The molecule has 2 heterocycles. The molecular formula is C24H26N4O. The van der Waals surface area contributed by atoms with E-state index in [-0.39, 0.29) is 5.91 Å². The standard InChI is InChI=1S/C24H26N4O/c1-26(2)22-10-8-18(9-11-22)20-14-21(16-25-15-20)24(29)28-13-12-27(3)23-7-5-4-6-19(23)17-28/h4-11,14-16H,12-13,17H2,1-3H3. The average Bonchev–Trinajstić information content (AvgIpc) is 2.92. The van der Waals surface area contributed by atoms with Crippen molar-refractivity contribution in [3.05, 3.63) is 78.1 Å². The van der Waals surface area contributed by atoms with Crippen molar-refractivity contribution in [1.29, 1.82) is 0 Å². The maximum atomic E-state index is 13.3. The van der Waals surface area contributed by atoms with E-state index in [2.05, 4.69) is 58.2 Å². The Morgan fingerprint density at radius 2 is 1.72 bits per heavy atom. The van der Waals surface area contributed by atoms with Gasteiger partial charge in [0.25, 0.3) is 5.91 Å². The van der Waals surface area contributed by atoms with Gasteiger partial charge in [0.15, 0.2) is 0 Å². The first kappa shape index (κ1) is 19.0. The fourth-order valence-electron chi connectivity index (χ4n) is 3.72. The largest absolute Gasteiger partial charge is 0.378 e. The molecule has 0 radical (unpaired) electrons. The number of amides is 1. The second-order valence-electron chi connectivity index (χ2n) is 7.68. The summed E-state index contributed by atoms with van der Waals surface area (Å²) in [4.78, 5) is 23.8. The van der Waals surface area contributed by atoms with E-state index in [9.17, 15) is 4.79 Å². The maximum Gasteiger partial charge on any atom is 0.255 e. The average molecular weight is 386 g/mol. The Balaban J connectivity index is 1.59. The van der Waals surface area contributed by atoms with Gasteiger partial charge in [-0.05, 0) is 35.4 Å². The molecule has 5 nitrogen and oxygen atoms in total. The molecule has 0 saturated carbocycles. The van der Waals surface area contributed by atoms with E-state index in [4.69, 9.17) is 0 Å². The molecule has 1 aliphatic heterocycles. The molecule has 0 aliphatic carbocycles. The number of fused-ring (bicyclic) bond motifs is 1. The van der Waals surface area contributed by atoms with Crippen molar-refractivity contribution < 1.29 is 4.79 Å². The van der Waals surface area contributed by atoms with Crippen LogP contribution in [0.25, 0.3) is 11.1 Å². The minimum atomic E-state index is 0.0226. The van der Waals surface area contributed by atoms with Crippen LogP contribution >= 0.6 is 0 Å². The smallest absolute Gasteiger partial charge is 0.255 e. The summed E-state index contributed by atoms with van der Waals surface area (Å²) in [5.41, 5.74) is 6.13. The van der Waals surface area contributed by atoms with Gasteiger partial charge in [-0.1, -0.05) is 30.3 Å². The zero-order valence-electron chi connectivity index (χ0n) is 17.2. The van der Waals surface area contributed by atoms with Crippen molar-refractivity contribution >= 4 is 17.3 Å². The van der Waals surface area contributed by atoms with Crippen LogP contribution in [0.5, 0.6) is 0 Å². The summed E-state index contributed by atoms with van der Waals surface area (Å²) >= 11 is 0. The molecule has 4 rings (SSSR count). The molecule has 0 atom stereocenters. The highest BCUT2D eigenvalue weighted by Crippen LogP contribution is 2.26. The van der Waals surface area contributed by atoms with Gasteiger partial charge >= 0.3 is 0 Å². The summed E-state index contributed by atoms with van der Waals surface area (Å²) in [5.74, 6) is 0.0226. The number of benzene rings is 2. The lowest BCUT2D eigenvalue weighted by Crippen LogP contribution is -2.34. The number of pyridine rings is 1. The fourth-order valence-corrected chi connectivity index (χ4v) is 3.72. The molecule has 0 unspecified atom stereocenters. The molecule has 0 saturated heterocycles. The number of carbonyl (C=O) groups is 1. The predicted octanol–water partition coefficient (Wildman–Crippen LogP) is 3.91. The van der Waals surface area contributed by atoms with Crippen LogP contribution < -0.4 is 9.80 Å². The number of nitrogens with zero attached hydrogens (tertiary/aromatic N) is 4. The van der Waals surface area contributed by atoms with Crippen LogP contribution in [0, 0.1) is 0 Å². The van der Waals surface area contributed by atoms with Gasteiger partial charge in [0, 0.05) is 70.1 Å². The summed E-state index contributed by atoms with van der Waals surface area (Å²) in [6.07, 6.45) is 3.48. The Labute approximate surface area is 172 Å². The van der Waals surface area contributed by atoms with Crippen LogP contribution in [0.2, 0.25) is 0 Å². The number of hydrogen-bond acceptors (Lipinski definition) is 4. The highest BCUT2D eigenvalue weighted by Gasteiger charge is 2.22. The molecule has 0 spiro atoms. The second-order valence-corrected chi connectivity index (χ2v) is 7.68. The SMILES string of the molecule is CN(C)c1ccc(-c2cncc(C(=O)N3CCN(C)c4ccccc4C3)c2)cc1. The van der Waals surface area contributed by atoms with Gasteiger partial charge in [0.1, 0.15) is 0 Å². The first-order valence-electron chi connectivity index (χ1n) is 9.84. The number of rotatable bonds is 3. The van der Waals surface area contributed by atoms with E-state index < -0.39 is 0 Å². The highest BCUT2D eigenvalue weighted by atomic mass is 16.2. The minimum absolute atomic E-state index is 0.0226. The van der Waals surface area contributed by atoms with E-state index >= 15 is 0 Å². The molecular weight excluding hydrogens is 360 g/mol. The Bertz CT molecular complexity index is 1010. The van der Waals surface area contributed by atoms with Gasteiger partial charge in [-0.3, -0.25) is 9.78 Å². The maximum absolute atomic E-state index is 13.3. The Morgan fingerprint density at radius 3 is 2.48 bits per heavy atom. The fraction of sp³-hybridized carbons (Fsp3) is 0.250. The topological polar surface area (TPSA) is 39.7 Å². The quantitative estimate of drug-likeness (QED) is 0.684. The third kappa shape index (κ3) is 3.94. The van der Waals surface area contributed by atoms with Gasteiger partial charge in [-0.25, -0.2) is 0 Å². The highest BCUT2D eigenvalue weighted by molar-refractivity contribution is 5.95. The second kappa shape index (κ2) is 7.95. The number of aromatic nitrogens is 1. The van der Waals surface area contributed by atoms with Crippen LogP contribution in [0.1, 0.15) is 15.9 Å².